The standard InChI is InChI=1S/C34H46N4O8/c1-3-10-24(30(40)33(42)35-16-4-2)36-32(41)29-31-25-20-38(29)34(43)28(22-12-6-5-7-13-22)37-26(39)19-21-11-8-14-23(18-21)44-17-9-15-27(45-25)46-31/h4,8,11,14,18,22,24-25,27-29,31H,2-3,5-7,9-10,12-13,15-17,19-20H2,1H3,(H,35,42)(H,36,41)(H,37,39)/t24?,25-,27-,28-,29-,31-/m0/s1. The second kappa shape index (κ2) is 15.7. The van der Waals surface area contributed by atoms with Crippen molar-refractivity contribution in [3.63, 3.8) is 0 Å². The molecular weight excluding hydrogens is 592 g/mol. The molecule has 5 aliphatic rings. The third kappa shape index (κ3) is 7.95. The van der Waals surface area contributed by atoms with Gasteiger partial charge >= 0.3 is 0 Å². The van der Waals surface area contributed by atoms with Gasteiger partial charge in [-0.05, 0) is 49.3 Å². The predicted octanol–water partition coefficient (Wildman–Crippen LogP) is 1.94. The third-order valence-electron chi connectivity index (χ3n) is 9.24. The maximum absolute atomic E-state index is 14.5. The molecule has 4 amide bonds. The van der Waals surface area contributed by atoms with Crippen LogP contribution in [0, 0.1) is 5.92 Å². The molecule has 250 valence electrons. The van der Waals surface area contributed by atoms with Crippen LogP contribution in [0.15, 0.2) is 36.9 Å². The Kier molecular flexibility index (Phi) is 11.5. The fraction of sp³-hybridized carbons (Fsp3) is 0.618. The Morgan fingerprint density at radius 1 is 1.11 bits per heavy atom. The summed E-state index contributed by atoms with van der Waals surface area (Å²) in [5.74, 6) is -2.29. The quantitative estimate of drug-likeness (QED) is 0.274. The zero-order chi connectivity index (χ0) is 32.6. The highest BCUT2D eigenvalue weighted by molar-refractivity contribution is 6.38. The van der Waals surface area contributed by atoms with E-state index in [-0.39, 0.29) is 43.7 Å². The lowest BCUT2D eigenvalue weighted by Crippen LogP contribution is -2.60. The molecule has 6 atom stereocenters. The largest absolute Gasteiger partial charge is 0.494 e. The summed E-state index contributed by atoms with van der Waals surface area (Å²) in [5, 5.41) is 8.26. The second-order valence-electron chi connectivity index (χ2n) is 12.6. The smallest absolute Gasteiger partial charge is 0.289 e. The Bertz CT molecular complexity index is 1300. The highest BCUT2D eigenvalue weighted by Gasteiger charge is 2.56. The lowest BCUT2D eigenvalue weighted by atomic mass is 9.83. The van der Waals surface area contributed by atoms with Crippen LogP contribution < -0.4 is 20.7 Å². The van der Waals surface area contributed by atoms with Gasteiger partial charge in [0.2, 0.25) is 23.5 Å². The number of benzene rings is 1. The van der Waals surface area contributed by atoms with Crippen molar-refractivity contribution in [2.45, 2.75) is 108 Å². The molecule has 0 spiro atoms. The van der Waals surface area contributed by atoms with Crippen molar-refractivity contribution < 1.29 is 38.2 Å². The van der Waals surface area contributed by atoms with Crippen molar-refractivity contribution in [3.05, 3.63) is 42.5 Å². The molecule has 1 unspecified atom stereocenters. The average Bonchev–Trinajstić information content (AvgIpc) is 3.61. The number of fused-ring (bicyclic) bond motifs is 7. The van der Waals surface area contributed by atoms with E-state index in [4.69, 9.17) is 14.2 Å². The topological polar surface area (TPSA) is 152 Å². The molecule has 1 aromatic carbocycles. The molecule has 4 heterocycles. The molecule has 0 radical (unpaired) electrons. The summed E-state index contributed by atoms with van der Waals surface area (Å²) in [4.78, 5) is 69.0. The lowest BCUT2D eigenvalue weighted by Gasteiger charge is -2.35. The second-order valence-corrected chi connectivity index (χ2v) is 12.6. The normalized spacial score (nSPS) is 27.7. The van der Waals surface area contributed by atoms with Crippen LogP contribution in [0.4, 0.5) is 0 Å². The molecule has 6 bridgehead atoms. The first-order valence-corrected chi connectivity index (χ1v) is 16.6. The number of hydrogen-bond acceptors (Lipinski definition) is 8. The highest BCUT2D eigenvalue weighted by Crippen LogP contribution is 2.36. The Labute approximate surface area is 269 Å². The Morgan fingerprint density at radius 3 is 2.67 bits per heavy atom. The number of nitrogens with zero attached hydrogens (tertiary/aromatic N) is 1. The number of Topliss-reactive ketones (excluding diaryl/α,β-unsaturated/α-hetero) is 1. The number of carbonyl (C=O) groups is 5. The Hall–Kier alpha value is -3.77. The summed E-state index contributed by atoms with van der Waals surface area (Å²) in [6.45, 7) is 6.02. The summed E-state index contributed by atoms with van der Waals surface area (Å²) in [5.41, 5.74) is 0.769. The zero-order valence-corrected chi connectivity index (χ0v) is 26.5. The van der Waals surface area contributed by atoms with Crippen LogP contribution in [0.1, 0.15) is 70.3 Å². The lowest BCUT2D eigenvalue weighted by molar-refractivity contribution is -0.151. The number of amides is 4. The summed E-state index contributed by atoms with van der Waals surface area (Å²) in [6, 6.07) is 4.33. The van der Waals surface area contributed by atoms with Gasteiger partial charge in [0.25, 0.3) is 5.91 Å². The molecular formula is C34H46N4O8. The number of carbonyl (C=O) groups excluding carboxylic acids is 5. The first kappa shape index (κ1) is 33.6. The molecule has 1 aromatic rings. The number of ketones is 1. The van der Waals surface area contributed by atoms with E-state index in [1.54, 1.807) is 0 Å². The first-order valence-electron chi connectivity index (χ1n) is 16.6. The van der Waals surface area contributed by atoms with Gasteiger partial charge in [0.15, 0.2) is 6.29 Å². The Balaban J connectivity index is 1.43. The van der Waals surface area contributed by atoms with E-state index in [9.17, 15) is 24.0 Å². The number of nitrogens with one attached hydrogen (secondary N) is 3. The van der Waals surface area contributed by atoms with Gasteiger partial charge in [-0.2, -0.15) is 0 Å². The van der Waals surface area contributed by atoms with Crippen LogP contribution in [0.25, 0.3) is 0 Å². The van der Waals surface area contributed by atoms with Crippen molar-refractivity contribution >= 4 is 29.4 Å². The van der Waals surface area contributed by atoms with E-state index in [1.807, 2.05) is 31.2 Å². The molecule has 1 saturated carbocycles. The van der Waals surface area contributed by atoms with E-state index in [0.29, 0.717) is 31.6 Å². The molecule has 0 aromatic heterocycles. The van der Waals surface area contributed by atoms with Crippen LogP contribution in [-0.2, 0) is 39.9 Å². The van der Waals surface area contributed by atoms with Crippen LogP contribution in [0.2, 0.25) is 0 Å². The van der Waals surface area contributed by atoms with Crippen molar-refractivity contribution in [2.75, 3.05) is 19.7 Å². The molecule has 12 heteroatoms. The van der Waals surface area contributed by atoms with Crippen LogP contribution in [0.3, 0.4) is 0 Å². The minimum atomic E-state index is -1.11. The summed E-state index contributed by atoms with van der Waals surface area (Å²) >= 11 is 0. The average molecular weight is 639 g/mol. The fourth-order valence-electron chi connectivity index (χ4n) is 6.98. The predicted molar refractivity (Wildman–Crippen MR) is 167 cm³/mol. The fourth-order valence-corrected chi connectivity index (χ4v) is 6.98. The highest BCUT2D eigenvalue weighted by atomic mass is 16.7. The minimum Gasteiger partial charge on any atom is -0.494 e. The van der Waals surface area contributed by atoms with Gasteiger partial charge in [0, 0.05) is 13.0 Å². The number of rotatable bonds is 9. The SMILES string of the molecule is C=CCNC(=O)C(=O)C(CCC)NC(=O)[C@@H]1[C@H]2O[C@H]3CCCOc4cccc(c4)CC(=O)N[C@@H](C4CCCCC4)C(=O)N1C[C@@H]2O3. The Morgan fingerprint density at radius 2 is 1.91 bits per heavy atom. The van der Waals surface area contributed by atoms with Crippen molar-refractivity contribution in [1.29, 1.82) is 0 Å². The van der Waals surface area contributed by atoms with Gasteiger partial charge in [-0.1, -0.05) is 50.8 Å². The van der Waals surface area contributed by atoms with Gasteiger partial charge in [-0.15, -0.1) is 6.58 Å². The minimum absolute atomic E-state index is 0.0753. The molecule has 3 N–H and O–H groups in total. The molecule has 46 heavy (non-hydrogen) atoms. The van der Waals surface area contributed by atoms with Gasteiger partial charge in [-0.3, -0.25) is 24.0 Å². The van der Waals surface area contributed by atoms with Gasteiger partial charge in [0.1, 0.15) is 30.0 Å². The van der Waals surface area contributed by atoms with Gasteiger partial charge in [-0.25, -0.2) is 0 Å². The number of ether oxygens (including phenoxy) is 3. The molecule has 4 aliphatic heterocycles. The van der Waals surface area contributed by atoms with Gasteiger partial charge < -0.3 is 35.1 Å². The molecule has 6 rings (SSSR count). The first-order chi connectivity index (χ1) is 22.3. The van der Waals surface area contributed by atoms with Crippen LogP contribution >= 0.6 is 0 Å². The summed E-state index contributed by atoms with van der Waals surface area (Å²) in [7, 11) is 0. The summed E-state index contributed by atoms with van der Waals surface area (Å²) in [6.07, 6.45) is 6.00. The van der Waals surface area contributed by atoms with E-state index >= 15 is 0 Å². The molecule has 12 nitrogen and oxygen atoms in total. The van der Waals surface area contributed by atoms with Gasteiger partial charge in [0.05, 0.1) is 25.6 Å². The molecule has 2 saturated heterocycles. The maximum atomic E-state index is 14.5. The van der Waals surface area contributed by atoms with Crippen LogP contribution in [-0.4, -0.2) is 90.6 Å². The third-order valence-corrected chi connectivity index (χ3v) is 9.24. The van der Waals surface area contributed by atoms with Crippen molar-refractivity contribution in [1.82, 2.24) is 20.9 Å². The molecule has 1 aliphatic carbocycles. The summed E-state index contributed by atoms with van der Waals surface area (Å²) < 4.78 is 18.4. The maximum Gasteiger partial charge on any atom is 0.289 e. The number of hydrogen-bond donors (Lipinski definition) is 3. The molecule has 3 fully saturated rings. The van der Waals surface area contributed by atoms with E-state index in [1.165, 1.54) is 11.0 Å². The van der Waals surface area contributed by atoms with Crippen molar-refractivity contribution in [2.24, 2.45) is 5.92 Å². The van der Waals surface area contributed by atoms with E-state index in [2.05, 4.69) is 22.5 Å². The van der Waals surface area contributed by atoms with E-state index < -0.39 is 54.2 Å². The zero-order valence-electron chi connectivity index (χ0n) is 26.5. The van der Waals surface area contributed by atoms with Crippen LogP contribution in [0.5, 0.6) is 5.75 Å². The monoisotopic (exact) mass is 638 g/mol. The van der Waals surface area contributed by atoms with Crippen molar-refractivity contribution in [3.8, 4) is 5.75 Å². The van der Waals surface area contributed by atoms with E-state index in [0.717, 1.165) is 37.7 Å².